The zero-order chi connectivity index (χ0) is 18.2. The van der Waals surface area contributed by atoms with Gasteiger partial charge in [-0.1, -0.05) is 6.07 Å². The fourth-order valence-corrected chi connectivity index (χ4v) is 2.85. The van der Waals surface area contributed by atoms with Crippen LogP contribution in [-0.2, 0) is 20.9 Å². The fourth-order valence-electron chi connectivity index (χ4n) is 2.85. The second-order valence-corrected chi connectivity index (χ2v) is 5.92. The van der Waals surface area contributed by atoms with Gasteiger partial charge in [-0.25, -0.2) is 0 Å². The summed E-state index contributed by atoms with van der Waals surface area (Å²) in [5, 5.41) is 5.25. The van der Waals surface area contributed by atoms with Gasteiger partial charge in [-0.15, -0.1) is 0 Å². The number of aromatic nitrogens is 1. The van der Waals surface area contributed by atoms with Gasteiger partial charge >= 0.3 is 11.8 Å². The average Bonchev–Trinajstić information content (AvgIpc) is 3.21. The maximum Gasteiger partial charge on any atom is 0.309 e. The monoisotopic (exact) mass is 358 g/mol. The lowest BCUT2D eigenvalue weighted by molar-refractivity contribution is -0.139. The van der Waals surface area contributed by atoms with Crippen molar-refractivity contribution in [1.82, 2.24) is 20.5 Å². The Morgan fingerprint density at radius 2 is 1.96 bits per heavy atom. The summed E-state index contributed by atoms with van der Waals surface area (Å²) in [6.45, 7) is 3.32. The molecule has 2 aromatic heterocycles. The van der Waals surface area contributed by atoms with Crippen molar-refractivity contribution in [3.8, 4) is 0 Å². The molecule has 0 spiro atoms. The minimum atomic E-state index is -0.687. The fraction of sp³-hybridized carbons (Fsp3) is 0.389. The van der Waals surface area contributed by atoms with E-state index in [1.54, 1.807) is 24.5 Å². The molecule has 2 amide bonds. The Bertz CT molecular complexity index is 699. The van der Waals surface area contributed by atoms with Gasteiger partial charge in [0.25, 0.3) is 0 Å². The molecule has 1 saturated heterocycles. The molecular weight excluding hydrogens is 336 g/mol. The molecule has 26 heavy (non-hydrogen) atoms. The van der Waals surface area contributed by atoms with Crippen LogP contribution in [0.3, 0.4) is 0 Å². The predicted octanol–water partition coefficient (Wildman–Crippen LogP) is 0.480. The summed E-state index contributed by atoms with van der Waals surface area (Å²) >= 11 is 0. The van der Waals surface area contributed by atoms with Crippen molar-refractivity contribution in [3.63, 3.8) is 0 Å². The molecule has 0 unspecified atom stereocenters. The van der Waals surface area contributed by atoms with E-state index in [1.165, 1.54) is 6.26 Å². The van der Waals surface area contributed by atoms with Crippen LogP contribution >= 0.6 is 0 Å². The molecule has 1 fully saturated rings. The summed E-state index contributed by atoms with van der Waals surface area (Å²) in [5.74, 6) is -0.764. The van der Waals surface area contributed by atoms with Crippen molar-refractivity contribution in [2.45, 2.75) is 12.6 Å². The van der Waals surface area contributed by atoms with E-state index in [4.69, 9.17) is 9.15 Å². The molecule has 0 bridgehead atoms. The van der Waals surface area contributed by atoms with Crippen molar-refractivity contribution in [2.24, 2.45) is 0 Å². The maximum atomic E-state index is 12.1. The Hall–Kier alpha value is -2.71. The predicted molar refractivity (Wildman–Crippen MR) is 92.9 cm³/mol. The molecule has 3 heterocycles. The van der Waals surface area contributed by atoms with Gasteiger partial charge in [-0.3, -0.25) is 19.5 Å². The van der Waals surface area contributed by atoms with E-state index < -0.39 is 11.8 Å². The standard InChI is InChI=1S/C18H22N4O4/c23-17(20-12-15-4-2-8-26-15)18(24)21-13-16(14-3-1-5-19-11-14)22-6-9-25-10-7-22/h1-5,8,11,16H,6-7,9-10,12-13H2,(H,20,23)(H,21,24)/t16-/m0/s1. The summed E-state index contributed by atoms with van der Waals surface area (Å²) < 4.78 is 10.5. The largest absolute Gasteiger partial charge is 0.467 e. The highest BCUT2D eigenvalue weighted by atomic mass is 16.5. The Balaban J connectivity index is 1.56. The molecule has 0 saturated carbocycles. The Kier molecular flexibility index (Phi) is 6.34. The molecule has 8 nitrogen and oxygen atoms in total. The average molecular weight is 358 g/mol. The number of hydrogen-bond acceptors (Lipinski definition) is 6. The zero-order valence-electron chi connectivity index (χ0n) is 14.4. The zero-order valence-corrected chi connectivity index (χ0v) is 14.4. The number of amides is 2. The molecule has 2 N–H and O–H groups in total. The van der Waals surface area contributed by atoms with Crippen molar-refractivity contribution in [2.75, 3.05) is 32.8 Å². The van der Waals surface area contributed by atoms with Crippen LogP contribution in [0.2, 0.25) is 0 Å². The van der Waals surface area contributed by atoms with Crippen LogP contribution in [0.15, 0.2) is 47.3 Å². The maximum absolute atomic E-state index is 12.1. The second kappa shape index (κ2) is 9.12. The van der Waals surface area contributed by atoms with Crippen LogP contribution in [0.5, 0.6) is 0 Å². The van der Waals surface area contributed by atoms with Crippen molar-refractivity contribution in [1.29, 1.82) is 0 Å². The lowest BCUT2D eigenvalue weighted by Gasteiger charge is -2.34. The summed E-state index contributed by atoms with van der Waals surface area (Å²) in [6.07, 6.45) is 5.01. The summed E-state index contributed by atoms with van der Waals surface area (Å²) in [4.78, 5) is 30.4. The Morgan fingerprint density at radius 3 is 2.65 bits per heavy atom. The highest BCUT2D eigenvalue weighted by Crippen LogP contribution is 2.20. The smallest absolute Gasteiger partial charge is 0.309 e. The lowest BCUT2D eigenvalue weighted by Crippen LogP contribution is -2.46. The molecule has 1 aliphatic rings. The second-order valence-electron chi connectivity index (χ2n) is 5.92. The van der Waals surface area contributed by atoms with E-state index in [0.29, 0.717) is 25.5 Å². The van der Waals surface area contributed by atoms with Gasteiger partial charge in [0.05, 0.1) is 32.1 Å². The van der Waals surface area contributed by atoms with Crippen molar-refractivity contribution < 1.29 is 18.7 Å². The SMILES string of the molecule is O=C(NCc1ccco1)C(=O)NC[C@@H](c1cccnc1)N1CCOCC1. The van der Waals surface area contributed by atoms with Crippen LogP contribution in [0.25, 0.3) is 0 Å². The highest BCUT2D eigenvalue weighted by Gasteiger charge is 2.24. The molecule has 1 aliphatic heterocycles. The Morgan fingerprint density at radius 1 is 1.15 bits per heavy atom. The van der Waals surface area contributed by atoms with Crippen molar-refractivity contribution >= 4 is 11.8 Å². The van der Waals surface area contributed by atoms with Gasteiger partial charge in [0.1, 0.15) is 5.76 Å². The number of nitrogens with one attached hydrogen (secondary N) is 2. The first kappa shape index (κ1) is 18.1. The molecule has 0 aromatic carbocycles. The molecular formula is C18H22N4O4. The molecule has 3 rings (SSSR count). The minimum absolute atomic E-state index is 0.0607. The first-order valence-electron chi connectivity index (χ1n) is 8.54. The number of carbonyl (C=O) groups is 2. The number of pyridine rings is 1. The molecule has 0 aliphatic carbocycles. The van der Waals surface area contributed by atoms with E-state index >= 15 is 0 Å². The number of carbonyl (C=O) groups excluding carboxylic acids is 2. The van der Waals surface area contributed by atoms with Gasteiger partial charge < -0.3 is 19.8 Å². The Labute approximate surface area is 151 Å². The summed E-state index contributed by atoms with van der Waals surface area (Å²) in [6, 6.07) is 7.23. The molecule has 8 heteroatoms. The highest BCUT2D eigenvalue weighted by molar-refractivity contribution is 6.35. The van der Waals surface area contributed by atoms with E-state index in [2.05, 4.69) is 20.5 Å². The third-order valence-electron chi connectivity index (χ3n) is 4.22. The number of ether oxygens (including phenoxy) is 1. The van der Waals surface area contributed by atoms with Crippen LogP contribution in [0.1, 0.15) is 17.4 Å². The molecule has 138 valence electrons. The van der Waals surface area contributed by atoms with Gasteiger partial charge in [-0.05, 0) is 23.8 Å². The first-order chi connectivity index (χ1) is 12.7. The van der Waals surface area contributed by atoms with E-state index in [0.717, 1.165) is 18.7 Å². The molecule has 1 atom stereocenters. The van der Waals surface area contributed by atoms with E-state index in [9.17, 15) is 9.59 Å². The lowest BCUT2D eigenvalue weighted by atomic mass is 10.1. The van der Waals surface area contributed by atoms with E-state index in [-0.39, 0.29) is 12.6 Å². The number of furan rings is 1. The van der Waals surface area contributed by atoms with Gasteiger partial charge in [-0.2, -0.15) is 0 Å². The third-order valence-corrected chi connectivity index (χ3v) is 4.22. The number of hydrogen-bond donors (Lipinski definition) is 2. The van der Waals surface area contributed by atoms with Gasteiger partial charge in [0, 0.05) is 32.0 Å². The number of nitrogens with zero attached hydrogens (tertiary/aromatic N) is 2. The minimum Gasteiger partial charge on any atom is -0.467 e. The molecule has 2 aromatic rings. The topological polar surface area (TPSA) is 96.7 Å². The summed E-state index contributed by atoms with van der Waals surface area (Å²) in [7, 11) is 0. The normalized spacial score (nSPS) is 16.0. The third kappa shape index (κ3) is 4.90. The van der Waals surface area contributed by atoms with Crippen molar-refractivity contribution in [3.05, 3.63) is 54.2 Å². The van der Waals surface area contributed by atoms with Crippen LogP contribution in [0.4, 0.5) is 0 Å². The first-order valence-corrected chi connectivity index (χ1v) is 8.54. The quantitative estimate of drug-likeness (QED) is 0.729. The van der Waals surface area contributed by atoms with Crippen LogP contribution < -0.4 is 10.6 Å². The summed E-state index contributed by atoms with van der Waals surface area (Å²) in [5.41, 5.74) is 0.991. The molecule has 0 radical (unpaired) electrons. The number of morpholine rings is 1. The van der Waals surface area contributed by atoms with E-state index in [1.807, 2.05) is 12.1 Å². The van der Waals surface area contributed by atoms with Crippen LogP contribution in [0, 0.1) is 0 Å². The van der Waals surface area contributed by atoms with Gasteiger partial charge in [0.2, 0.25) is 0 Å². The number of rotatable bonds is 6. The van der Waals surface area contributed by atoms with Crippen LogP contribution in [-0.4, -0.2) is 54.5 Å². The van der Waals surface area contributed by atoms with Gasteiger partial charge in [0.15, 0.2) is 0 Å².